The van der Waals surface area contributed by atoms with E-state index in [9.17, 15) is 0 Å². The van der Waals surface area contributed by atoms with Crippen LogP contribution in [0.5, 0.6) is 11.5 Å². The van der Waals surface area contributed by atoms with Crippen molar-refractivity contribution in [3.63, 3.8) is 0 Å². The summed E-state index contributed by atoms with van der Waals surface area (Å²) in [5.74, 6) is 1.34. The van der Waals surface area contributed by atoms with E-state index in [-0.39, 0.29) is 0 Å². The van der Waals surface area contributed by atoms with Gasteiger partial charge in [0.2, 0.25) is 0 Å². The Kier molecular flexibility index (Phi) is 5.39. The van der Waals surface area contributed by atoms with Crippen molar-refractivity contribution in [3.05, 3.63) is 52.5 Å². The maximum absolute atomic E-state index is 5.99. The fraction of sp³-hybridized carbons (Fsp3) is 0.200. The molecule has 0 heterocycles. The van der Waals surface area contributed by atoms with Crippen molar-refractivity contribution in [1.29, 1.82) is 0 Å². The lowest BCUT2D eigenvalue weighted by Crippen LogP contribution is -2.05. The number of hydrogen-bond acceptors (Lipinski definition) is 3. The molecule has 0 unspecified atom stereocenters. The third kappa shape index (κ3) is 4.51. The number of hydrogen-bond donors (Lipinski definition) is 1. The first kappa shape index (κ1) is 14.8. The van der Waals surface area contributed by atoms with Crippen LogP contribution in [-0.4, -0.2) is 13.2 Å². The SMILES string of the molecule is Nc1cccc(OCCCOc2cc(Cl)ccc2Cl)c1. The molecule has 0 aromatic heterocycles. The largest absolute Gasteiger partial charge is 0.493 e. The van der Waals surface area contributed by atoms with Crippen LogP contribution in [0.4, 0.5) is 5.69 Å². The molecule has 0 radical (unpaired) electrons. The van der Waals surface area contributed by atoms with Crippen molar-refractivity contribution < 1.29 is 9.47 Å². The van der Waals surface area contributed by atoms with Gasteiger partial charge in [-0.1, -0.05) is 29.3 Å². The lowest BCUT2D eigenvalue weighted by molar-refractivity contribution is 0.247. The van der Waals surface area contributed by atoms with E-state index < -0.39 is 0 Å². The molecule has 0 bridgehead atoms. The van der Waals surface area contributed by atoms with Crippen molar-refractivity contribution in [2.45, 2.75) is 6.42 Å². The maximum atomic E-state index is 5.99. The van der Waals surface area contributed by atoms with E-state index in [4.69, 9.17) is 38.4 Å². The second kappa shape index (κ2) is 7.27. The molecule has 5 heteroatoms. The molecule has 2 aromatic carbocycles. The van der Waals surface area contributed by atoms with E-state index in [0.717, 1.165) is 12.2 Å². The highest BCUT2D eigenvalue weighted by Crippen LogP contribution is 2.27. The van der Waals surface area contributed by atoms with Crippen LogP contribution in [0.15, 0.2) is 42.5 Å². The van der Waals surface area contributed by atoms with Crippen molar-refractivity contribution in [1.82, 2.24) is 0 Å². The summed E-state index contributed by atoms with van der Waals surface area (Å²) in [6.07, 6.45) is 0.734. The fourth-order valence-electron chi connectivity index (χ4n) is 1.62. The highest BCUT2D eigenvalue weighted by atomic mass is 35.5. The molecule has 106 valence electrons. The number of rotatable bonds is 6. The number of ether oxygens (including phenoxy) is 2. The van der Waals surface area contributed by atoms with E-state index in [2.05, 4.69) is 0 Å². The maximum Gasteiger partial charge on any atom is 0.139 e. The van der Waals surface area contributed by atoms with Crippen LogP contribution in [0.25, 0.3) is 0 Å². The first-order chi connectivity index (χ1) is 9.65. The highest BCUT2D eigenvalue weighted by molar-refractivity contribution is 6.34. The summed E-state index contributed by atoms with van der Waals surface area (Å²) >= 11 is 11.9. The van der Waals surface area contributed by atoms with Gasteiger partial charge in [0.1, 0.15) is 11.5 Å². The Labute approximate surface area is 128 Å². The fourth-order valence-corrected chi connectivity index (χ4v) is 1.96. The predicted molar refractivity (Wildman–Crippen MR) is 82.9 cm³/mol. The molecule has 2 N–H and O–H groups in total. The van der Waals surface area contributed by atoms with E-state index >= 15 is 0 Å². The van der Waals surface area contributed by atoms with Gasteiger partial charge in [0.25, 0.3) is 0 Å². The zero-order chi connectivity index (χ0) is 14.4. The summed E-state index contributed by atoms with van der Waals surface area (Å²) < 4.78 is 11.1. The number of benzene rings is 2. The van der Waals surface area contributed by atoms with Gasteiger partial charge in [-0.25, -0.2) is 0 Å². The molecule has 0 spiro atoms. The summed E-state index contributed by atoms with van der Waals surface area (Å²) in [5.41, 5.74) is 6.35. The van der Waals surface area contributed by atoms with Crippen LogP contribution >= 0.6 is 23.2 Å². The molecule has 0 fully saturated rings. The highest BCUT2D eigenvalue weighted by Gasteiger charge is 2.02. The molecule has 3 nitrogen and oxygen atoms in total. The Morgan fingerprint density at radius 3 is 2.55 bits per heavy atom. The van der Waals surface area contributed by atoms with Gasteiger partial charge in [-0.15, -0.1) is 0 Å². The summed E-state index contributed by atoms with van der Waals surface area (Å²) in [6.45, 7) is 1.05. The van der Waals surface area contributed by atoms with Gasteiger partial charge < -0.3 is 15.2 Å². The summed E-state index contributed by atoms with van der Waals surface area (Å²) in [6, 6.07) is 12.5. The van der Waals surface area contributed by atoms with E-state index in [1.165, 1.54) is 0 Å². The number of nitrogen functional groups attached to an aromatic ring is 1. The lowest BCUT2D eigenvalue weighted by atomic mass is 10.3. The summed E-state index contributed by atoms with van der Waals surface area (Å²) in [4.78, 5) is 0. The first-order valence-electron chi connectivity index (χ1n) is 6.21. The molecule has 20 heavy (non-hydrogen) atoms. The van der Waals surface area contributed by atoms with Crippen LogP contribution in [-0.2, 0) is 0 Å². The first-order valence-corrected chi connectivity index (χ1v) is 6.97. The third-order valence-electron chi connectivity index (χ3n) is 2.57. The van der Waals surface area contributed by atoms with Gasteiger partial charge in [-0.2, -0.15) is 0 Å². The monoisotopic (exact) mass is 311 g/mol. The topological polar surface area (TPSA) is 44.5 Å². The van der Waals surface area contributed by atoms with E-state index in [0.29, 0.717) is 34.7 Å². The predicted octanol–water partition coefficient (Wildman–Crippen LogP) is 4.42. The lowest BCUT2D eigenvalue weighted by Gasteiger charge is -2.09. The molecule has 0 atom stereocenters. The van der Waals surface area contributed by atoms with E-state index in [1.807, 2.05) is 18.2 Å². The molecule has 0 aliphatic carbocycles. The molecular formula is C15H15Cl2NO2. The molecule has 0 saturated heterocycles. The van der Waals surface area contributed by atoms with Crippen LogP contribution in [0, 0.1) is 0 Å². The van der Waals surface area contributed by atoms with Crippen molar-refractivity contribution in [3.8, 4) is 11.5 Å². The Balaban J connectivity index is 1.73. The molecule has 0 saturated carbocycles. The summed E-state index contributed by atoms with van der Waals surface area (Å²) in [5, 5.41) is 1.14. The van der Waals surface area contributed by atoms with Gasteiger partial charge in [-0.3, -0.25) is 0 Å². The number of halogens is 2. The minimum Gasteiger partial charge on any atom is -0.493 e. The van der Waals surface area contributed by atoms with Crippen LogP contribution in [0.3, 0.4) is 0 Å². The van der Waals surface area contributed by atoms with Gasteiger partial charge in [0.05, 0.1) is 18.2 Å². The van der Waals surface area contributed by atoms with Gasteiger partial charge in [-0.05, 0) is 24.3 Å². The quantitative estimate of drug-likeness (QED) is 0.634. The van der Waals surface area contributed by atoms with Crippen molar-refractivity contribution in [2.24, 2.45) is 0 Å². The molecule has 2 rings (SSSR count). The Hall–Kier alpha value is -1.58. The molecule has 0 aliphatic heterocycles. The number of nitrogens with two attached hydrogens (primary N) is 1. The average molecular weight is 312 g/mol. The molecule has 2 aromatic rings. The second-order valence-corrected chi connectivity index (χ2v) is 5.04. The zero-order valence-corrected chi connectivity index (χ0v) is 12.3. The van der Waals surface area contributed by atoms with Crippen molar-refractivity contribution in [2.75, 3.05) is 18.9 Å². The normalized spacial score (nSPS) is 10.3. The van der Waals surface area contributed by atoms with Gasteiger partial charge in [0, 0.05) is 29.3 Å². The van der Waals surface area contributed by atoms with E-state index in [1.54, 1.807) is 24.3 Å². The molecule has 0 aliphatic rings. The van der Waals surface area contributed by atoms with Gasteiger partial charge >= 0.3 is 0 Å². The third-order valence-corrected chi connectivity index (χ3v) is 3.11. The Bertz CT molecular complexity index is 576. The minimum absolute atomic E-state index is 0.502. The Morgan fingerprint density at radius 2 is 1.75 bits per heavy atom. The minimum atomic E-state index is 0.502. The molecule has 0 amide bonds. The van der Waals surface area contributed by atoms with Gasteiger partial charge in [0.15, 0.2) is 0 Å². The summed E-state index contributed by atoms with van der Waals surface area (Å²) in [7, 11) is 0. The van der Waals surface area contributed by atoms with Crippen LogP contribution < -0.4 is 15.2 Å². The zero-order valence-electron chi connectivity index (χ0n) is 10.8. The standard InChI is InChI=1S/C15H15Cl2NO2/c16-11-5-6-14(17)15(9-11)20-8-2-7-19-13-4-1-3-12(18)10-13/h1,3-6,9-10H,2,7-8,18H2. The smallest absolute Gasteiger partial charge is 0.139 e. The number of anilines is 1. The average Bonchev–Trinajstić information content (AvgIpc) is 2.42. The van der Waals surface area contributed by atoms with Crippen molar-refractivity contribution >= 4 is 28.9 Å². The second-order valence-electron chi connectivity index (χ2n) is 4.20. The Morgan fingerprint density at radius 1 is 0.950 bits per heavy atom. The van der Waals surface area contributed by atoms with Crippen LogP contribution in [0.2, 0.25) is 10.0 Å². The molecular weight excluding hydrogens is 297 g/mol. The van der Waals surface area contributed by atoms with Crippen LogP contribution in [0.1, 0.15) is 6.42 Å².